The fraction of sp³-hybridized carbons (Fsp3) is 0.833. The predicted octanol–water partition coefficient (Wildman–Crippen LogP) is 3.44. The number of hydrogen-bond acceptors (Lipinski definition) is 4. The largest absolute Gasteiger partial charge is 0.358 e. The van der Waals surface area contributed by atoms with Gasteiger partial charge >= 0.3 is 0 Å². The van der Waals surface area contributed by atoms with Gasteiger partial charge in [-0.3, -0.25) is 0 Å². The van der Waals surface area contributed by atoms with Gasteiger partial charge in [-0.05, 0) is 25.2 Å². The third-order valence-electron chi connectivity index (χ3n) is 3.12. The van der Waals surface area contributed by atoms with Crippen LogP contribution in [-0.2, 0) is 5.41 Å². The van der Waals surface area contributed by atoms with Gasteiger partial charge in [-0.15, -0.1) is 0 Å². The predicted molar refractivity (Wildman–Crippen MR) is 69.0 cm³/mol. The van der Waals surface area contributed by atoms with E-state index < -0.39 is 0 Å². The zero-order chi connectivity index (χ0) is 11.8. The average Bonchev–Trinajstić information content (AvgIpc) is 2.74. The Hall–Kier alpha value is -0.640. The molecule has 1 aromatic heterocycles. The van der Waals surface area contributed by atoms with Crippen LogP contribution in [0.5, 0.6) is 0 Å². The Morgan fingerprint density at radius 2 is 2.06 bits per heavy atom. The monoisotopic (exact) mass is 239 g/mol. The van der Waals surface area contributed by atoms with Crippen LogP contribution in [0.15, 0.2) is 0 Å². The minimum Gasteiger partial charge on any atom is -0.358 e. The van der Waals surface area contributed by atoms with Crippen LogP contribution in [-0.4, -0.2) is 15.4 Å². The lowest BCUT2D eigenvalue weighted by Gasteiger charge is -2.13. The molecule has 0 spiro atoms. The van der Waals surface area contributed by atoms with Gasteiger partial charge in [0.2, 0.25) is 5.13 Å². The molecule has 0 saturated heterocycles. The van der Waals surface area contributed by atoms with E-state index in [2.05, 4.69) is 42.4 Å². The second-order valence-corrected chi connectivity index (χ2v) is 6.68. The Bertz CT molecular complexity index is 353. The summed E-state index contributed by atoms with van der Waals surface area (Å²) in [5.41, 5.74) is 0.0550. The maximum atomic E-state index is 4.57. The number of rotatable bonds is 2. The first-order chi connectivity index (χ1) is 7.45. The summed E-state index contributed by atoms with van der Waals surface area (Å²) in [7, 11) is 0. The van der Waals surface area contributed by atoms with E-state index in [0.717, 1.165) is 16.9 Å². The van der Waals surface area contributed by atoms with Gasteiger partial charge in [-0.2, -0.15) is 4.37 Å². The molecule has 2 rings (SSSR count). The summed E-state index contributed by atoms with van der Waals surface area (Å²) in [4.78, 5) is 4.57. The molecule has 1 aliphatic rings. The molecule has 0 aromatic carbocycles. The zero-order valence-corrected chi connectivity index (χ0v) is 11.4. The number of aromatic nitrogens is 2. The maximum Gasteiger partial charge on any atom is 0.202 e. The number of nitrogens with one attached hydrogen (secondary N) is 1. The number of anilines is 1. The lowest BCUT2D eigenvalue weighted by Crippen LogP contribution is -2.16. The van der Waals surface area contributed by atoms with E-state index in [-0.39, 0.29) is 5.41 Å². The van der Waals surface area contributed by atoms with E-state index in [1.165, 1.54) is 30.8 Å². The van der Waals surface area contributed by atoms with Crippen LogP contribution in [0.1, 0.15) is 52.8 Å². The van der Waals surface area contributed by atoms with Crippen LogP contribution in [0.3, 0.4) is 0 Å². The summed E-state index contributed by atoms with van der Waals surface area (Å²) in [6, 6.07) is 0.607. The van der Waals surface area contributed by atoms with E-state index >= 15 is 0 Å². The molecule has 0 amide bonds. The van der Waals surface area contributed by atoms with Gasteiger partial charge in [0.1, 0.15) is 5.82 Å². The normalized spacial score (nSPS) is 26.0. The van der Waals surface area contributed by atoms with Gasteiger partial charge in [-0.25, -0.2) is 4.98 Å². The Morgan fingerprint density at radius 1 is 1.31 bits per heavy atom. The molecule has 1 saturated carbocycles. The van der Waals surface area contributed by atoms with Crippen molar-refractivity contribution in [2.75, 3.05) is 5.32 Å². The molecule has 90 valence electrons. The summed E-state index contributed by atoms with van der Waals surface area (Å²) < 4.78 is 4.42. The Balaban J connectivity index is 1.98. The summed E-state index contributed by atoms with van der Waals surface area (Å²) in [6.45, 7) is 8.77. The molecule has 1 fully saturated rings. The summed E-state index contributed by atoms with van der Waals surface area (Å²) in [6.07, 6.45) is 3.87. The smallest absolute Gasteiger partial charge is 0.202 e. The maximum absolute atomic E-state index is 4.57. The number of nitrogens with zero attached hydrogens (tertiary/aromatic N) is 2. The molecule has 4 heteroatoms. The summed E-state index contributed by atoms with van der Waals surface area (Å²) in [5, 5.41) is 4.50. The Labute approximate surface area is 102 Å². The summed E-state index contributed by atoms with van der Waals surface area (Å²) >= 11 is 1.49. The van der Waals surface area contributed by atoms with E-state index in [9.17, 15) is 0 Å². The van der Waals surface area contributed by atoms with Crippen LogP contribution in [0, 0.1) is 5.92 Å². The minimum atomic E-state index is 0.0550. The molecule has 2 unspecified atom stereocenters. The molecule has 2 atom stereocenters. The first-order valence-corrected chi connectivity index (χ1v) is 6.83. The molecular weight excluding hydrogens is 218 g/mol. The Morgan fingerprint density at radius 3 is 2.56 bits per heavy atom. The SMILES string of the molecule is CC1CCC(Nc2nc(C(C)(C)C)ns2)C1. The Kier molecular flexibility index (Phi) is 3.19. The van der Waals surface area contributed by atoms with Crippen molar-refractivity contribution in [3.05, 3.63) is 5.82 Å². The van der Waals surface area contributed by atoms with Gasteiger partial charge in [0.25, 0.3) is 0 Å². The topological polar surface area (TPSA) is 37.8 Å². The van der Waals surface area contributed by atoms with Crippen LogP contribution < -0.4 is 5.32 Å². The van der Waals surface area contributed by atoms with E-state index in [1.54, 1.807) is 0 Å². The second kappa shape index (κ2) is 4.32. The molecule has 16 heavy (non-hydrogen) atoms. The van der Waals surface area contributed by atoms with Gasteiger partial charge < -0.3 is 5.32 Å². The van der Waals surface area contributed by atoms with E-state index in [1.807, 2.05) is 0 Å². The van der Waals surface area contributed by atoms with E-state index in [4.69, 9.17) is 0 Å². The highest BCUT2D eigenvalue weighted by molar-refractivity contribution is 7.09. The zero-order valence-electron chi connectivity index (χ0n) is 10.6. The van der Waals surface area contributed by atoms with Gasteiger partial charge in [0.15, 0.2) is 0 Å². The van der Waals surface area contributed by atoms with Crippen molar-refractivity contribution in [1.29, 1.82) is 0 Å². The highest BCUT2D eigenvalue weighted by Crippen LogP contribution is 2.29. The molecule has 1 aliphatic carbocycles. The highest BCUT2D eigenvalue weighted by Gasteiger charge is 2.24. The fourth-order valence-electron chi connectivity index (χ4n) is 2.10. The third kappa shape index (κ3) is 2.73. The van der Waals surface area contributed by atoms with Crippen molar-refractivity contribution < 1.29 is 0 Å². The molecule has 0 bridgehead atoms. The molecular formula is C12H21N3S. The van der Waals surface area contributed by atoms with Crippen molar-refractivity contribution in [3.63, 3.8) is 0 Å². The molecule has 0 radical (unpaired) electrons. The standard InChI is InChI=1S/C12H21N3S/c1-8-5-6-9(7-8)13-11-14-10(15-16-11)12(2,3)4/h8-9H,5-7H2,1-4H3,(H,13,14,15). The van der Waals surface area contributed by atoms with Crippen LogP contribution in [0.2, 0.25) is 0 Å². The minimum absolute atomic E-state index is 0.0550. The quantitative estimate of drug-likeness (QED) is 0.859. The van der Waals surface area contributed by atoms with Crippen molar-refractivity contribution in [2.24, 2.45) is 5.92 Å². The third-order valence-corrected chi connectivity index (χ3v) is 3.77. The summed E-state index contributed by atoms with van der Waals surface area (Å²) in [5.74, 6) is 1.80. The molecule has 1 heterocycles. The number of hydrogen-bond donors (Lipinski definition) is 1. The first-order valence-electron chi connectivity index (χ1n) is 6.06. The van der Waals surface area contributed by atoms with Crippen molar-refractivity contribution in [3.8, 4) is 0 Å². The fourth-order valence-corrected chi connectivity index (χ4v) is 2.93. The molecule has 1 aromatic rings. The second-order valence-electron chi connectivity index (χ2n) is 5.93. The molecule has 3 nitrogen and oxygen atoms in total. The first kappa shape index (κ1) is 11.8. The van der Waals surface area contributed by atoms with Gasteiger partial charge in [0, 0.05) is 23.0 Å². The van der Waals surface area contributed by atoms with Crippen LogP contribution in [0.25, 0.3) is 0 Å². The van der Waals surface area contributed by atoms with E-state index in [0.29, 0.717) is 6.04 Å². The van der Waals surface area contributed by atoms with Crippen LogP contribution in [0.4, 0.5) is 5.13 Å². The van der Waals surface area contributed by atoms with Gasteiger partial charge in [0.05, 0.1) is 0 Å². The van der Waals surface area contributed by atoms with Crippen molar-refractivity contribution in [1.82, 2.24) is 9.36 Å². The van der Waals surface area contributed by atoms with Gasteiger partial charge in [-0.1, -0.05) is 27.7 Å². The van der Waals surface area contributed by atoms with Crippen molar-refractivity contribution in [2.45, 2.75) is 58.4 Å². The lowest BCUT2D eigenvalue weighted by molar-refractivity contribution is 0.554. The molecule has 1 N–H and O–H groups in total. The lowest BCUT2D eigenvalue weighted by atomic mass is 9.96. The van der Waals surface area contributed by atoms with Crippen LogP contribution >= 0.6 is 11.5 Å². The molecule has 0 aliphatic heterocycles. The average molecular weight is 239 g/mol. The highest BCUT2D eigenvalue weighted by atomic mass is 32.1. The van der Waals surface area contributed by atoms with Crippen molar-refractivity contribution >= 4 is 16.7 Å².